The molecular weight excluding hydrogens is 290 g/mol. The number of carbonyl (C=O) groups is 2. The fourth-order valence-corrected chi connectivity index (χ4v) is 2.67. The second kappa shape index (κ2) is 5.57. The Kier molecular flexibility index (Phi) is 3.58. The second-order valence-corrected chi connectivity index (χ2v) is 5.45. The van der Waals surface area contributed by atoms with Gasteiger partial charge in [0.2, 0.25) is 0 Å². The maximum atomic E-state index is 12.3. The molecule has 23 heavy (non-hydrogen) atoms. The van der Waals surface area contributed by atoms with Gasteiger partial charge < -0.3 is 5.11 Å². The van der Waals surface area contributed by atoms with Crippen molar-refractivity contribution in [3.63, 3.8) is 0 Å². The van der Waals surface area contributed by atoms with Crippen LogP contribution in [0, 0.1) is 0 Å². The zero-order chi connectivity index (χ0) is 16.6. The number of allylic oxidation sites excluding steroid dienone is 1. The lowest BCUT2D eigenvalue weighted by molar-refractivity contribution is 0.103. The largest absolute Gasteiger partial charge is 0.465 e. The van der Waals surface area contributed by atoms with E-state index < -0.39 is 6.09 Å². The molecule has 0 bridgehead atoms. The summed E-state index contributed by atoms with van der Waals surface area (Å²) >= 11 is 0. The average molecular weight is 305 g/mol. The van der Waals surface area contributed by atoms with E-state index in [0.717, 1.165) is 16.2 Å². The first-order chi connectivity index (χ1) is 11.0. The van der Waals surface area contributed by atoms with Crippen molar-refractivity contribution in [1.29, 1.82) is 0 Å². The summed E-state index contributed by atoms with van der Waals surface area (Å²) in [6.45, 7) is 5.27. The third kappa shape index (κ3) is 2.66. The van der Waals surface area contributed by atoms with E-state index in [4.69, 9.17) is 5.11 Å². The van der Waals surface area contributed by atoms with Gasteiger partial charge in [0.05, 0.1) is 5.69 Å². The van der Waals surface area contributed by atoms with Crippen LogP contribution in [-0.4, -0.2) is 17.0 Å². The molecule has 0 aliphatic carbocycles. The molecule has 0 aliphatic heterocycles. The molecule has 0 aliphatic rings. The van der Waals surface area contributed by atoms with Gasteiger partial charge >= 0.3 is 6.09 Å². The summed E-state index contributed by atoms with van der Waals surface area (Å²) in [6, 6.07) is 15.1. The molecule has 0 spiro atoms. The van der Waals surface area contributed by atoms with Crippen molar-refractivity contribution in [3.8, 4) is 0 Å². The van der Waals surface area contributed by atoms with Crippen LogP contribution >= 0.6 is 0 Å². The first-order valence-electron chi connectivity index (χ1n) is 7.13. The summed E-state index contributed by atoms with van der Waals surface area (Å²) < 4.78 is 0. The van der Waals surface area contributed by atoms with Crippen molar-refractivity contribution < 1.29 is 14.7 Å². The highest BCUT2D eigenvalue weighted by atomic mass is 16.4. The summed E-state index contributed by atoms with van der Waals surface area (Å²) in [6.07, 6.45) is -1.21. The summed E-state index contributed by atoms with van der Waals surface area (Å²) in [7, 11) is 0. The molecule has 3 rings (SSSR count). The van der Waals surface area contributed by atoms with Crippen molar-refractivity contribution >= 4 is 39.1 Å². The van der Waals surface area contributed by atoms with Crippen LogP contribution < -0.4 is 5.32 Å². The molecular formula is C19H15NO3. The van der Waals surface area contributed by atoms with Crippen LogP contribution in [0.15, 0.2) is 60.7 Å². The highest BCUT2D eigenvalue weighted by Crippen LogP contribution is 2.32. The zero-order valence-electron chi connectivity index (χ0n) is 12.6. The first kappa shape index (κ1) is 14.8. The molecule has 0 aromatic heterocycles. The average Bonchev–Trinajstić information content (AvgIpc) is 2.52. The Morgan fingerprint density at radius 1 is 1.00 bits per heavy atom. The van der Waals surface area contributed by atoms with Crippen molar-refractivity contribution in [2.75, 3.05) is 5.32 Å². The van der Waals surface area contributed by atoms with Crippen LogP contribution in [0.5, 0.6) is 0 Å². The number of carboxylic acid groups (broad SMARTS) is 1. The number of nitrogens with one attached hydrogen (secondary N) is 1. The highest BCUT2D eigenvalue weighted by molar-refractivity contribution is 6.18. The molecule has 0 atom stereocenters. The fraction of sp³-hybridized carbons (Fsp3) is 0.0526. The smallest absolute Gasteiger partial charge is 0.409 e. The van der Waals surface area contributed by atoms with Gasteiger partial charge in [-0.1, -0.05) is 36.9 Å². The molecule has 0 radical (unpaired) electrons. The molecule has 0 unspecified atom stereocenters. The Labute approximate surface area is 133 Å². The van der Waals surface area contributed by atoms with Gasteiger partial charge in [0.15, 0.2) is 5.78 Å². The van der Waals surface area contributed by atoms with Crippen molar-refractivity contribution in [1.82, 2.24) is 0 Å². The van der Waals surface area contributed by atoms with E-state index in [-0.39, 0.29) is 5.78 Å². The Bertz CT molecular complexity index is 973. The Morgan fingerprint density at radius 3 is 2.26 bits per heavy atom. The predicted octanol–water partition coefficient (Wildman–Crippen LogP) is 4.84. The Hall–Kier alpha value is -3.14. The third-order valence-corrected chi connectivity index (χ3v) is 3.75. The van der Waals surface area contributed by atoms with Crippen molar-refractivity contribution in [2.45, 2.75) is 6.92 Å². The summed E-state index contributed by atoms with van der Waals surface area (Å²) in [5.41, 5.74) is 0.968. The van der Waals surface area contributed by atoms with Crippen LogP contribution in [0.4, 0.5) is 10.5 Å². The molecule has 4 heteroatoms. The zero-order valence-corrected chi connectivity index (χ0v) is 12.6. The Morgan fingerprint density at radius 2 is 1.65 bits per heavy atom. The standard InChI is InChI=1S/C19H15NO3/c1-11(2)18(21)15-8-7-14-9-12-5-3-4-6-13(12)10-16(14)17(15)20-19(22)23/h3-10,20H,1H2,2H3,(H,22,23). The van der Waals surface area contributed by atoms with E-state index in [0.29, 0.717) is 22.2 Å². The summed E-state index contributed by atoms with van der Waals surface area (Å²) in [5.74, 6) is -0.274. The molecule has 2 N–H and O–H groups in total. The minimum absolute atomic E-state index is 0.274. The maximum absolute atomic E-state index is 12.3. The van der Waals surface area contributed by atoms with Crippen molar-refractivity contribution in [3.05, 3.63) is 66.2 Å². The van der Waals surface area contributed by atoms with E-state index in [9.17, 15) is 9.59 Å². The molecule has 3 aromatic rings. The number of Topliss-reactive ketones (excluding diaryl/α,β-unsaturated/α-hetero) is 1. The van der Waals surface area contributed by atoms with Gasteiger partial charge in [-0.3, -0.25) is 10.1 Å². The summed E-state index contributed by atoms with van der Waals surface area (Å²) in [4.78, 5) is 23.5. The Balaban J connectivity index is 2.37. The highest BCUT2D eigenvalue weighted by Gasteiger charge is 2.17. The molecule has 0 saturated carbocycles. The van der Waals surface area contributed by atoms with Gasteiger partial charge in [-0.05, 0) is 46.9 Å². The van der Waals surface area contributed by atoms with Gasteiger partial charge in [0.1, 0.15) is 0 Å². The SMILES string of the molecule is C=C(C)C(=O)c1ccc2cc3ccccc3cc2c1NC(=O)O. The van der Waals surface area contributed by atoms with Gasteiger partial charge in [-0.25, -0.2) is 4.79 Å². The van der Waals surface area contributed by atoms with Crippen LogP contribution in [-0.2, 0) is 0 Å². The lowest BCUT2D eigenvalue weighted by atomic mass is 9.96. The second-order valence-electron chi connectivity index (χ2n) is 5.45. The fourth-order valence-electron chi connectivity index (χ4n) is 2.67. The van der Waals surface area contributed by atoms with Crippen LogP contribution in [0.25, 0.3) is 21.5 Å². The molecule has 3 aromatic carbocycles. The minimum Gasteiger partial charge on any atom is -0.465 e. The van der Waals surface area contributed by atoms with E-state index in [1.807, 2.05) is 42.5 Å². The van der Waals surface area contributed by atoms with E-state index in [2.05, 4.69) is 11.9 Å². The number of anilines is 1. The van der Waals surface area contributed by atoms with Crippen LogP contribution in [0.1, 0.15) is 17.3 Å². The van der Waals surface area contributed by atoms with Gasteiger partial charge in [-0.2, -0.15) is 0 Å². The number of carbonyl (C=O) groups excluding carboxylic acids is 1. The third-order valence-electron chi connectivity index (χ3n) is 3.75. The molecule has 0 fully saturated rings. The van der Waals surface area contributed by atoms with E-state index in [1.54, 1.807) is 13.0 Å². The predicted molar refractivity (Wildman–Crippen MR) is 92.2 cm³/mol. The van der Waals surface area contributed by atoms with Crippen LogP contribution in [0.2, 0.25) is 0 Å². The van der Waals surface area contributed by atoms with E-state index in [1.165, 1.54) is 0 Å². The van der Waals surface area contributed by atoms with Crippen LogP contribution in [0.3, 0.4) is 0 Å². The van der Waals surface area contributed by atoms with E-state index >= 15 is 0 Å². The van der Waals surface area contributed by atoms with Crippen molar-refractivity contribution in [2.24, 2.45) is 0 Å². The number of benzene rings is 3. The molecule has 4 nitrogen and oxygen atoms in total. The topological polar surface area (TPSA) is 66.4 Å². The summed E-state index contributed by atoms with van der Waals surface area (Å²) in [5, 5.41) is 15.1. The number of ketones is 1. The normalized spacial score (nSPS) is 10.7. The lowest BCUT2D eigenvalue weighted by Gasteiger charge is -2.13. The number of amides is 1. The van der Waals surface area contributed by atoms with Gasteiger partial charge in [-0.15, -0.1) is 0 Å². The minimum atomic E-state index is -1.21. The monoisotopic (exact) mass is 305 g/mol. The van der Waals surface area contributed by atoms with Gasteiger partial charge in [0, 0.05) is 10.9 Å². The maximum Gasteiger partial charge on any atom is 0.409 e. The van der Waals surface area contributed by atoms with Gasteiger partial charge in [0.25, 0.3) is 0 Å². The first-order valence-corrected chi connectivity index (χ1v) is 7.13. The molecule has 0 saturated heterocycles. The quantitative estimate of drug-likeness (QED) is 0.413. The lowest BCUT2D eigenvalue weighted by Crippen LogP contribution is -2.12. The number of hydrogen-bond acceptors (Lipinski definition) is 2. The number of hydrogen-bond donors (Lipinski definition) is 2. The molecule has 0 heterocycles. The number of rotatable bonds is 3. The molecule has 1 amide bonds. The number of fused-ring (bicyclic) bond motifs is 2. The molecule has 114 valence electrons.